The fourth-order valence-corrected chi connectivity index (χ4v) is 10.4. The lowest BCUT2D eigenvalue weighted by Crippen LogP contribution is -2.57. The average Bonchev–Trinajstić information content (AvgIpc) is 3.24. The number of fused-ring (bicyclic) bond motifs is 4. The van der Waals surface area contributed by atoms with Crippen LogP contribution in [0.3, 0.4) is 0 Å². The summed E-state index contributed by atoms with van der Waals surface area (Å²) >= 11 is 0. The highest BCUT2D eigenvalue weighted by Gasteiger charge is 2.77. The molecule has 0 aromatic carbocycles. The smallest absolute Gasteiger partial charge is 0.136 e. The summed E-state index contributed by atoms with van der Waals surface area (Å²) in [6.45, 7) is 14.3. The van der Waals surface area contributed by atoms with Crippen molar-refractivity contribution in [1.29, 1.82) is 0 Å². The number of methoxy groups -OCH3 is 1. The molecule has 2 heteroatoms. The summed E-state index contributed by atoms with van der Waals surface area (Å²) in [7, 11) is 1.99. The van der Waals surface area contributed by atoms with E-state index in [1.54, 1.807) is 0 Å². The molecule has 5 aliphatic carbocycles. The van der Waals surface area contributed by atoms with Gasteiger partial charge >= 0.3 is 0 Å². The first-order valence-electron chi connectivity index (χ1n) is 13.7. The molecule has 11 atom stereocenters. The first-order chi connectivity index (χ1) is 14.6. The van der Waals surface area contributed by atoms with E-state index in [-0.39, 0.29) is 5.92 Å². The Bertz CT molecular complexity index is 728. The number of carbonyl (C=O) groups is 1. The van der Waals surface area contributed by atoms with Crippen molar-refractivity contribution in [2.24, 2.45) is 63.6 Å². The summed E-state index contributed by atoms with van der Waals surface area (Å²) in [4.78, 5) is 13.3. The SMILES string of the molecule is CO[C@@H]1C[C@H]2[C@@H]3CC[C@H]([C@H](C)C(=O)C[C@H](C)C(C)C)[C@@]3(C)CC[C@@H]2[C@@]2(C)CC[C@@H]3C[C@]312. The van der Waals surface area contributed by atoms with E-state index in [2.05, 4.69) is 41.5 Å². The zero-order valence-electron chi connectivity index (χ0n) is 21.4. The maximum absolute atomic E-state index is 13.3. The number of ether oxygens (including phenoxy) is 1. The Labute approximate surface area is 191 Å². The molecule has 0 aromatic rings. The quantitative estimate of drug-likeness (QED) is 0.449. The van der Waals surface area contributed by atoms with Crippen LogP contribution in [0.4, 0.5) is 0 Å². The summed E-state index contributed by atoms with van der Waals surface area (Å²) in [5.74, 6) is 5.93. The number of rotatable bonds is 6. The fraction of sp³-hybridized carbons (Fsp3) is 0.966. The van der Waals surface area contributed by atoms with E-state index in [1.807, 2.05) is 7.11 Å². The third-order valence-electron chi connectivity index (χ3n) is 12.7. The maximum atomic E-state index is 13.3. The Kier molecular flexibility index (Phi) is 5.29. The first kappa shape index (κ1) is 22.4. The van der Waals surface area contributed by atoms with Crippen LogP contribution in [0.2, 0.25) is 0 Å². The molecule has 0 aliphatic heterocycles. The van der Waals surface area contributed by atoms with E-state index in [1.165, 1.54) is 51.4 Å². The fourth-order valence-electron chi connectivity index (χ4n) is 10.4. The molecule has 0 radical (unpaired) electrons. The van der Waals surface area contributed by atoms with Crippen molar-refractivity contribution in [3.05, 3.63) is 0 Å². The minimum absolute atomic E-state index is 0.232. The lowest BCUT2D eigenvalue weighted by atomic mass is 9.45. The molecule has 0 unspecified atom stereocenters. The second-order valence-electron chi connectivity index (χ2n) is 13.6. The van der Waals surface area contributed by atoms with E-state index < -0.39 is 0 Å². The van der Waals surface area contributed by atoms with Gasteiger partial charge in [0.1, 0.15) is 5.78 Å². The zero-order valence-corrected chi connectivity index (χ0v) is 21.4. The molecule has 31 heavy (non-hydrogen) atoms. The molecule has 0 bridgehead atoms. The molecule has 5 saturated carbocycles. The van der Waals surface area contributed by atoms with Crippen LogP contribution in [0.25, 0.3) is 0 Å². The van der Waals surface area contributed by atoms with Gasteiger partial charge in [-0.25, -0.2) is 0 Å². The van der Waals surface area contributed by atoms with E-state index in [0.717, 1.165) is 30.1 Å². The van der Waals surface area contributed by atoms with Crippen molar-refractivity contribution in [2.75, 3.05) is 7.11 Å². The van der Waals surface area contributed by atoms with Gasteiger partial charge in [0.2, 0.25) is 0 Å². The monoisotopic (exact) mass is 428 g/mol. The Morgan fingerprint density at radius 1 is 1.00 bits per heavy atom. The van der Waals surface area contributed by atoms with Crippen molar-refractivity contribution < 1.29 is 9.53 Å². The Morgan fingerprint density at radius 3 is 2.39 bits per heavy atom. The van der Waals surface area contributed by atoms with Gasteiger partial charge in [0.25, 0.3) is 0 Å². The molecular formula is C29H48O2. The van der Waals surface area contributed by atoms with E-state index in [9.17, 15) is 4.79 Å². The zero-order chi connectivity index (χ0) is 22.3. The van der Waals surface area contributed by atoms with E-state index >= 15 is 0 Å². The number of carbonyl (C=O) groups excluding carboxylic acids is 1. The Hall–Kier alpha value is -0.370. The van der Waals surface area contributed by atoms with Crippen LogP contribution in [0.1, 0.15) is 99.3 Å². The van der Waals surface area contributed by atoms with Gasteiger partial charge in [-0.2, -0.15) is 0 Å². The maximum Gasteiger partial charge on any atom is 0.136 e. The molecule has 5 aliphatic rings. The van der Waals surface area contributed by atoms with Gasteiger partial charge in [-0.15, -0.1) is 0 Å². The van der Waals surface area contributed by atoms with Crippen molar-refractivity contribution in [2.45, 2.75) is 105 Å². The van der Waals surface area contributed by atoms with Crippen molar-refractivity contribution in [1.82, 2.24) is 0 Å². The molecule has 176 valence electrons. The van der Waals surface area contributed by atoms with Gasteiger partial charge in [-0.05, 0) is 104 Å². The predicted molar refractivity (Wildman–Crippen MR) is 127 cm³/mol. The van der Waals surface area contributed by atoms with Gasteiger partial charge in [-0.3, -0.25) is 4.79 Å². The summed E-state index contributed by atoms with van der Waals surface area (Å²) in [6, 6.07) is 0. The van der Waals surface area contributed by atoms with Gasteiger partial charge in [-0.1, -0.05) is 41.5 Å². The number of hydrogen-bond acceptors (Lipinski definition) is 2. The second-order valence-corrected chi connectivity index (χ2v) is 13.6. The summed E-state index contributed by atoms with van der Waals surface area (Å²) in [6.07, 6.45) is 12.3. The number of ketones is 1. The number of hydrogen-bond donors (Lipinski definition) is 0. The normalized spacial score (nSPS) is 52.1. The van der Waals surface area contributed by atoms with Crippen LogP contribution in [-0.2, 0) is 9.53 Å². The summed E-state index contributed by atoms with van der Waals surface area (Å²) in [5.41, 5.74) is 1.39. The lowest BCUT2D eigenvalue weighted by Gasteiger charge is -2.61. The van der Waals surface area contributed by atoms with Crippen molar-refractivity contribution in [3.8, 4) is 0 Å². The molecular weight excluding hydrogens is 380 g/mol. The second kappa shape index (κ2) is 7.31. The highest BCUT2D eigenvalue weighted by atomic mass is 16.5. The predicted octanol–water partition coefficient (Wildman–Crippen LogP) is 7.16. The van der Waals surface area contributed by atoms with Crippen molar-refractivity contribution in [3.63, 3.8) is 0 Å². The molecule has 0 saturated heterocycles. The van der Waals surface area contributed by atoms with Gasteiger partial charge in [0.15, 0.2) is 0 Å². The van der Waals surface area contributed by atoms with Crippen LogP contribution in [0.15, 0.2) is 0 Å². The Morgan fingerprint density at radius 2 is 1.74 bits per heavy atom. The highest BCUT2D eigenvalue weighted by molar-refractivity contribution is 5.81. The third kappa shape index (κ3) is 2.88. The molecule has 2 nitrogen and oxygen atoms in total. The van der Waals surface area contributed by atoms with Crippen molar-refractivity contribution >= 4 is 5.78 Å². The van der Waals surface area contributed by atoms with Crippen LogP contribution in [0.5, 0.6) is 0 Å². The highest BCUT2D eigenvalue weighted by Crippen LogP contribution is 2.82. The minimum atomic E-state index is 0.232. The standard InChI is InChI=1S/C29H48O2/c1-17(2)18(3)14-25(30)19(4)22-8-9-23-21-15-26(31-7)29-16-20(29)10-13-28(29,6)24(21)11-12-27(22,23)5/h17-24,26H,8-16H2,1-7H3/t18-,19-,20+,21-,22+,23-,24-,26+,27+,28+,29-/m0/s1. The average molecular weight is 429 g/mol. The molecule has 5 fully saturated rings. The van der Waals surface area contributed by atoms with Crippen LogP contribution >= 0.6 is 0 Å². The van der Waals surface area contributed by atoms with Crippen LogP contribution < -0.4 is 0 Å². The number of Topliss-reactive ketones (excluding diaryl/α,β-unsaturated/α-hetero) is 1. The summed E-state index contributed by atoms with van der Waals surface area (Å²) < 4.78 is 6.27. The molecule has 0 aromatic heterocycles. The molecule has 1 spiro atoms. The van der Waals surface area contributed by atoms with Gasteiger partial charge < -0.3 is 4.74 Å². The Balaban J connectivity index is 1.37. The minimum Gasteiger partial charge on any atom is -0.381 e. The third-order valence-corrected chi connectivity index (χ3v) is 12.7. The molecule has 5 rings (SSSR count). The van der Waals surface area contributed by atoms with E-state index in [0.29, 0.717) is 45.9 Å². The summed E-state index contributed by atoms with van der Waals surface area (Å²) in [5, 5.41) is 0. The largest absolute Gasteiger partial charge is 0.381 e. The molecule has 0 N–H and O–H groups in total. The van der Waals surface area contributed by atoms with E-state index in [4.69, 9.17) is 4.74 Å². The van der Waals surface area contributed by atoms with Gasteiger partial charge in [0, 0.05) is 24.9 Å². The first-order valence-corrected chi connectivity index (χ1v) is 13.7. The van der Waals surface area contributed by atoms with Crippen LogP contribution in [-0.4, -0.2) is 19.0 Å². The molecule has 0 amide bonds. The molecule has 0 heterocycles. The van der Waals surface area contributed by atoms with Crippen LogP contribution in [0, 0.1) is 63.6 Å². The van der Waals surface area contributed by atoms with Gasteiger partial charge in [0.05, 0.1) is 6.10 Å². The lowest BCUT2D eigenvalue weighted by molar-refractivity contribution is -0.162. The topological polar surface area (TPSA) is 26.3 Å².